The van der Waals surface area contributed by atoms with Crippen molar-refractivity contribution in [3.63, 3.8) is 0 Å². The number of nitrogens with zero attached hydrogens (tertiary/aromatic N) is 6. The van der Waals surface area contributed by atoms with E-state index in [-0.39, 0.29) is 18.1 Å². The Bertz CT molecular complexity index is 1590. The summed E-state index contributed by atoms with van der Waals surface area (Å²) >= 11 is 0. The summed E-state index contributed by atoms with van der Waals surface area (Å²) in [5, 5.41) is 2.15. The monoisotopic (exact) mass is 503 g/mol. The molecule has 8 nitrogen and oxygen atoms in total. The minimum absolute atomic E-state index is 0.0588. The van der Waals surface area contributed by atoms with Gasteiger partial charge in [-0.15, -0.1) is 0 Å². The first-order chi connectivity index (χ1) is 17.7. The van der Waals surface area contributed by atoms with Crippen LogP contribution in [0.3, 0.4) is 0 Å². The number of fused-ring (bicyclic) bond motifs is 3. The standard InChI is InChI=1S/C26H20F3N7O/c1-15(24-32-8-2-9-33-24)36(14-18-5-4-17(12-34-18)26(27,28)29)25(37)16-3-6-22-20(11-16)21-13-31-10-7-19(21)23(30)35-22/h2-13,15H,14H2,1H3,(H2,30,35)/t15-/m1/s1. The molecule has 0 radical (unpaired) electrons. The largest absolute Gasteiger partial charge is 0.417 e. The number of benzene rings is 1. The molecular weight excluding hydrogens is 483 g/mol. The molecule has 5 rings (SSSR count). The molecule has 0 saturated carbocycles. The van der Waals surface area contributed by atoms with Gasteiger partial charge in [-0.3, -0.25) is 14.8 Å². The molecule has 0 fully saturated rings. The first-order valence-corrected chi connectivity index (χ1v) is 11.3. The zero-order valence-electron chi connectivity index (χ0n) is 19.5. The van der Waals surface area contributed by atoms with E-state index in [0.717, 1.165) is 17.6 Å². The van der Waals surface area contributed by atoms with Gasteiger partial charge in [-0.2, -0.15) is 13.2 Å². The van der Waals surface area contributed by atoms with Crippen LogP contribution in [0.15, 0.2) is 73.4 Å². The van der Waals surface area contributed by atoms with E-state index in [2.05, 4.69) is 24.9 Å². The maximum absolute atomic E-state index is 13.8. The highest BCUT2D eigenvalue weighted by molar-refractivity contribution is 6.11. The van der Waals surface area contributed by atoms with Gasteiger partial charge in [0.1, 0.15) is 11.6 Å². The number of carbonyl (C=O) groups is 1. The maximum Gasteiger partial charge on any atom is 0.417 e. The molecule has 11 heteroatoms. The summed E-state index contributed by atoms with van der Waals surface area (Å²) in [4.78, 5) is 36.4. The van der Waals surface area contributed by atoms with Crippen molar-refractivity contribution in [3.8, 4) is 0 Å². The Hall–Kier alpha value is -4.67. The number of hydrogen-bond donors (Lipinski definition) is 1. The zero-order chi connectivity index (χ0) is 26.2. The number of carbonyl (C=O) groups excluding carboxylic acids is 1. The van der Waals surface area contributed by atoms with Gasteiger partial charge in [-0.05, 0) is 49.4 Å². The molecule has 0 bridgehead atoms. The van der Waals surface area contributed by atoms with Crippen LogP contribution in [-0.2, 0) is 12.7 Å². The summed E-state index contributed by atoms with van der Waals surface area (Å²) in [5.74, 6) is 0.360. The minimum Gasteiger partial charge on any atom is -0.383 e. The number of aromatic nitrogens is 5. The third kappa shape index (κ3) is 4.75. The van der Waals surface area contributed by atoms with E-state index >= 15 is 0 Å². The molecule has 1 amide bonds. The van der Waals surface area contributed by atoms with Crippen molar-refractivity contribution >= 4 is 33.4 Å². The number of anilines is 1. The maximum atomic E-state index is 13.8. The third-order valence-electron chi connectivity index (χ3n) is 6.04. The van der Waals surface area contributed by atoms with Crippen LogP contribution in [0.25, 0.3) is 21.7 Å². The fourth-order valence-electron chi connectivity index (χ4n) is 4.08. The molecular formula is C26H20F3N7O. The molecule has 5 aromatic rings. The van der Waals surface area contributed by atoms with Gasteiger partial charge in [0.2, 0.25) is 0 Å². The molecule has 2 N–H and O–H groups in total. The van der Waals surface area contributed by atoms with Crippen LogP contribution in [0.4, 0.5) is 19.0 Å². The van der Waals surface area contributed by atoms with Crippen molar-refractivity contribution in [1.29, 1.82) is 0 Å². The lowest BCUT2D eigenvalue weighted by atomic mass is 10.0. The fourth-order valence-corrected chi connectivity index (χ4v) is 4.08. The molecule has 1 atom stereocenters. The van der Waals surface area contributed by atoms with Crippen molar-refractivity contribution in [2.24, 2.45) is 0 Å². The predicted octanol–water partition coefficient (Wildman–Crippen LogP) is 4.97. The molecule has 0 saturated heterocycles. The second-order valence-corrected chi connectivity index (χ2v) is 8.40. The lowest BCUT2D eigenvalue weighted by Gasteiger charge is -2.28. The van der Waals surface area contributed by atoms with Crippen LogP contribution in [0.2, 0.25) is 0 Å². The highest BCUT2D eigenvalue weighted by atomic mass is 19.4. The Morgan fingerprint density at radius 3 is 2.46 bits per heavy atom. The fraction of sp³-hybridized carbons (Fsp3) is 0.154. The Morgan fingerprint density at radius 2 is 1.76 bits per heavy atom. The highest BCUT2D eigenvalue weighted by Crippen LogP contribution is 2.31. The lowest BCUT2D eigenvalue weighted by Crippen LogP contribution is -2.34. The van der Waals surface area contributed by atoms with Crippen molar-refractivity contribution < 1.29 is 18.0 Å². The summed E-state index contributed by atoms with van der Waals surface area (Å²) < 4.78 is 39.0. The van der Waals surface area contributed by atoms with Gasteiger partial charge in [0, 0.05) is 52.7 Å². The molecule has 37 heavy (non-hydrogen) atoms. The molecule has 0 aliphatic rings. The number of pyridine rings is 3. The van der Waals surface area contributed by atoms with E-state index in [0.29, 0.717) is 33.5 Å². The quantitative estimate of drug-likeness (QED) is 0.337. The van der Waals surface area contributed by atoms with Gasteiger partial charge in [0.25, 0.3) is 5.91 Å². The first kappa shape index (κ1) is 24.0. The van der Waals surface area contributed by atoms with Crippen molar-refractivity contribution in [2.75, 3.05) is 5.73 Å². The van der Waals surface area contributed by atoms with Crippen LogP contribution < -0.4 is 5.73 Å². The van der Waals surface area contributed by atoms with Crippen LogP contribution in [0.5, 0.6) is 0 Å². The number of halogens is 3. The van der Waals surface area contributed by atoms with Crippen LogP contribution >= 0.6 is 0 Å². The number of alkyl halides is 3. The smallest absolute Gasteiger partial charge is 0.383 e. The summed E-state index contributed by atoms with van der Waals surface area (Å²) in [6.45, 7) is 1.69. The van der Waals surface area contributed by atoms with Gasteiger partial charge >= 0.3 is 6.18 Å². The Morgan fingerprint density at radius 1 is 0.973 bits per heavy atom. The van der Waals surface area contributed by atoms with E-state index in [1.807, 2.05) is 0 Å². The summed E-state index contributed by atoms with van der Waals surface area (Å²) in [6.07, 6.45) is 2.64. The van der Waals surface area contributed by atoms with Gasteiger partial charge < -0.3 is 10.6 Å². The van der Waals surface area contributed by atoms with Gasteiger partial charge in [0.05, 0.1) is 29.4 Å². The first-order valence-electron chi connectivity index (χ1n) is 11.3. The number of nitrogen functional groups attached to an aromatic ring is 1. The van der Waals surface area contributed by atoms with Gasteiger partial charge in [0.15, 0.2) is 0 Å². The second kappa shape index (κ2) is 9.41. The van der Waals surface area contributed by atoms with Crippen LogP contribution in [0.1, 0.15) is 40.4 Å². The SMILES string of the molecule is C[C@H](c1ncccn1)N(Cc1ccc(C(F)(F)F)cn1)C(=O)c1ccc2nc(N)c3ccncc3c2c1. The van der Waals surface area contributed by atoms with E-state index < -0.39 is 17.8 Å². The topological polar surface area (TPSA) is 111 Å². The second-order valence-electron chi connectivity index (χ2n) is 8.40. The number of rotatable bonds is 5. The molecule has 0 aliphatic heterocycles. The minimum atomic E-state index is -4.51. The highest BCUT2D eigenvalue weighted by Gasteiger charge is 2.31. The van der Waals surface area contributed by atoms with Crippen LogP contribution in [0, 0.1) is 0 Å². The molecule has 1 aromatic carbocycles. The van der Waals surface area contributed by atoms with Gasteiger partial charge in [-0.1, -0.05) is 0 Å². The summed E-state index contributed by atoms with van der Waals surface area (Å²) in [5.41, 5.74) is 6.46. The molecule has 0 unspecified atom stereocenters. The van der Waals surface area contributed by atoms with Crippen molar-refractivity contribution in [2.45, 2.75) is 25.7 Å². The molecule has 0 spiro atoms. The number of amides is 1. The lowest BCUT2D eigenvalue weighted by molar-refractivity contribution is -0.137. The molecule has 4 aromatic heterocycles. The van der Waals surface area contributed by atoms with Crippen molar-refractivity contribution in [1.82, 2.24) is 29.8 Å². The average molecular weight is 503 g/mol. The number of nitrogens with two attached hydrogens (primary N) is 1. The van der Waals surface area contributed by atoms with Crippen molar-refractivity contribution in [3.05, 3.63) is 96.1 Å². The molecule has 186 valence electrons. The van der Waals surface area contributed by atoms with Crippen LogP contribution in [-0.4, -0.2) is 35.7 Å². The number of hydrogen-bond acceptors (Lipinski definition) is 7. The predicted molar refractivity (Wildman–Crippen MR) is 131 cm³/mol. The molecule has 4 heterocycles. The van der Waals surface area contributed by atoms with E-state index in [4.69, 9.17) is 5.73 Å². The Kier molecular flexibility index (Phi) is 6.12. The summed E-state index contributed by atoms with van der Waals surface area (Å²) in [6, 6.07) is 10.0. The summed E-state index contributed by atoms with van der Waals surface area (Å²) in [7, 11) is 0. The third-order valence-corrected chi connectivity index (χ3v) is 6.04. The van der Waals surface area contributed by atoms with E-state index in [9.17, 15) is 18.0 Å². The van der Waals surface area contributed by atoms with E-state index in [1.54, 1.807) is 62.0 Å². The van der Waals surface area contributed by atoms with E-state index in [1.165, 1.54) is 11.0 Å². The Labute approximate surface area is 209 Å². The molecule has 0 aliphatic carbocycles. The zero-order valence-corrected chi connectivity index (χ0v) is 19.5. The average Bonchev–Trinajstić information content (AvgIpc) is 2.91. The normalized spacial score (nSPS) is 12.5. The Balaban J connectivity index is 1.56. The van der Waals surface area contributed by atoms with Gasteiger partial charge in [-0.25, -0.2) is 15.0 Å².